The van der Waals surface area contributed by atoms with E-state index in [1.807, 2.05) is 6.07 Å². The van der Waals surface area contributed by atoms with Gasteiger partial charge in [0.25, 0.3) is 0 Å². The van der Waals surface area contributed by atoms with E-state index in [1.54, 1.807) is 11.3 Å². The molecule has 1 heterocycles. The highest BCUT2D eigenvalue weighted by Gasteiger charge is 2.21. The topological polar surface area (TPSA) is 20.2 Å². The molecule has 1 unspecified atom stereocenters. The quantitative estimate of drug-likeness (QED) is 0.519. The van der Waals surface area contributed by atoms with Crippen molar-refractivity contribution in [2.75, 3.05) is 0 Å². The maximum Gasteiger partial charge on any atom is 0.130 e. The Labute approximate surface area is 140 Å². The molecule has 0 fully saturated rings. The Bertz CT molecular complexity index is 647. The van der Waals surface area contributed by atoms with Crippen LogP contribution in [-0.4, -0.2) is 5.11 Å². The van der Waals surface area contributed by atoms with Gasteiger partial charge in [-0.05, 0) is 65.4 Å². The third-order valence-electron chi connectivity index (χ3n) is 3.87. The zero-order valence-electron chi connectivity index (χ0n) is 11.3. The number of hydrogen-bond acceptors (Lipinski definition) is 2. The Kier molecular flexibility index (Phi) is 4.69. The number of aliphatic hydroxyl groups excluding tert-OH is 1. The van der Waals surface area contributed by atoms with E-state index in [0.717, 1.165) is 17.7 Å². The van der Waals surface area contributed by atoms with Gasteiger partial charge < -0.3 is 5.11 Å². The van der Waals surface area contributed by atoms with Crippen LogP contribution in [0.3, 0.4) is 0 Å². The van der Waals surface area contributed by atoms with Gasteiger partial charge in [0.1, 0.15) is 11.9 Å². The van der Waals surface area contributed by atoms with Crippen LogP contribution in [0.1, 0.15) is 46.2 Å². The van der Waals surface area contributed by atoms with Gasteiger partial charge in [-0.1, -0.05) is 18.0 Å². The fourth-order valence-electron chi connectivity index (χ4n) is 2.73. The van der Waals surface area contributed by atoms with Gasteiger partial charge in [-0.25, -0.2) is 4.39 Å². The van der Waals surface area contributed by atoms with Crippen LogP contribution in [0.2, 0.25) is 5.02 Å². The molecular weight excluding hydrogens is 375 g/mol. The average Bonchev–Trinajstić information content (AvgIpc) is 2.73. The Morgan fingerprint density at radius 2 is 1.95 bits per heavy atom. The molecule has 0 saturated heterocycles. The highest BCUT2D eigenvalue weighted by Crippen LogP contribution is 2.37. The second kappa shape index (κ2) is 6.37. The second-order valence-electron chi connectivity index (χ2n) is 5.35. The molecular formula is C16H15BrClFOS. The van der Waals surface area contributed by atoms with Crippen LogP contribution in [0.15, 0.2) is 22.7 Å². The molecule has 0 bridgehead atoms. The van der Waals surface area contributed by atoms with Crippen LogP contribution in [0.4, 0.5) is 4.39 Å². The van der Waals surface area contributed by atoms with Crippen molar-refractivity contribution < 1.29 is 9.50 Å². The van der Waals surface area contributed by atoms with E-state index in [0.29, 0.717) is 9.50 Å². The number of aryl methyl sites for hydroxylation is 2. The minimum Gasteiger partial charge on any atom is -0.383 e. The molecule has 112 valence electrons. The van der Waals surface area contributed by atoms with E-state index in [-0.39, 0.29) is 5.56 Å². The normalized spacial score (nSPS) is 16.4. The predicted molar refractivity (Wildman–Crippen MR) is 88.7 cm³/mol. The molecule has 1 aliphatic carbocycles. The molecule has 1 aromatic carbocycles. The fourth-order valence-corrected chi connectivity index (χ4v) is 4.48. The van der Waals surface area contributed by atoms with E-state index in [2.05, 4.69) is 15.9 Å². The van der Waals surface area contributed by atoms with Gasteiger partial charge in [0.2, 0.25) is 0 Å². The van der Waals surface area contributed by atoms with Crippen LogP contribution in [0.5, 0.6) is 0 Å². The lowest BCUT2D eigenvalue weighted by Gasteiger charge is -2.11. The van der Waals surface area contributed by atoms with Crippen molar-refractivity contribution in [3.05, 3.63) is 54.4 Å². The number of fused-ring (bicyclic) bond motifs is 1. The number of benzene rings is 1. The molecule has 0 spiro atoms. The lowest BCUT2D eigenvalue weighted by atomic mass is 10.1. The Morgan fingerprint density at radius 1 is 1.19 bits per heavy atom. The summed E-state index contributed by atoms with van der Waals surface area (Å²) in [5.41, 5.74) is 1.55. The monoisotopic (exact) mass is 388 g/mol. The number of rotatable bonds is 2. The summed E-state index contributed by atoms with van der Waals surface area (Å²) in [5.74, 6) is -0.442. The second-order valence-corrected chi connectivity index (χ2v) is 7.78. The third-order valence-corrected chi connectivity index (χ3v) is 6.36. The first-order valence-electron chi connectivity index (χ1n) is 7.00. The number of halogens is 3. The lowest BCUT2D eigenvalue weighted by molar-refractivity contribution is 0.218. The summed E-state index contributed by atoms with van der Waals surface area (Å²) in [6.07, 6.45) is 4.82. The molecule has 1 atom stereocenters. The van der Waals surface area contributed by atoms with Gasteiger partial charge >= 0.3 is 0 Å². The van der Waals surface area contributed by atoms with Crippen LogP contribution in [0.25, 0.3) is 0 Å². The Balaban J connectivity index is 1.95. The van der Waals surface area contributed by atoms with Crippen molar-refractivity contribution >= 4 is 38.9 Å². The predicted octanol–water partition coefficient (Wildman–Crippen LogP) is 5.65. The molecule has 0 saturated carbocycles. The van der Waals surface area contributed by atoms with E-state index in [9.17, 15) is 9.50 Å². The van der Waals surface area contributed by atoms with Gasteiger partial charge in [-0.2, -0.15) is 0 Å². The zero-order valence-corrected chi connectivity index (χ0v) is 14.5. The van der Waals surface area contributed by atoms with E-state index < -0.39 is 11.9 Å². The largest absolute Gasteiger partial charge is 0.383 e. The maximum atomic E-state index is 14.1. The van der Waals surface area contributed by atoms with Crippen LogP contribution in [-0.2, 0) is 12.8 Å². The molecule has 0 amide bonds. The molecule has 0 aliphatic heterocycles. The number of aliphatic hydroxyl groups is 1. The first kappa shape index (κ1) is 15.5. The first-order valence-corrected chi connectivity index (χ1v) is 8.99. The summed E-state index contributed by atoms with van der Waals surface area (Å²) in [4.78, 5) is 2.14. The molecule has 0 radical (unpaired) electrons. The van der Waals surface area contributed by atoms with Crippen LogP contribution in [0, 0.1) is 5.82 Å². The minimum absolute atomic E-state index is 0.236. The highest BCUT2D eigenvalue weighted by molar-refractivity contribution is 9.10. The summed E-state index contributed by atoms with van der Waals surface area (Å²) in [6, 6.07) is 4.83. The van der Waals surface area contributed by atoms with Gasteiger partial charge in [0, 0.05) is 19.8 Å². The maximum absolute atomic E-state index is 14.1. The summed E-state index contributed by atoms with van der Waals surface area (Å²) in [6.45, 7) is 0. The Hall–Kier alpha value is -0.420. The molecule has 1 N–H and O–H groups in total. The summed E-state index contributed by atoms with van der Waals surface area (Å²) >= 11 is 10.8. The average molecular weight is 390 g/mol. The molecule has 21 heavy (non-hydrogen) atoms. The van der Waals surface area contributed by atoms with Crippen LogP contribution < -0.4 is 0 Å². The van der Waals surface area contributed by atoms with Crippen LogP contribution >= 0.6 is 38.9 Å². The third kappa shape index (κ3) is 3.19. The fraction of sp³-hybridized carbons (Fsp3) is 0.375. The number of thiophene rings is 1. The molecule has 5 heteroatoms. The standard InChI is InChI=1S/C16H15BrClFOS/c17-11-8-13(19)10(7-12(11)18)16(20)15-6-9-4-2-1-3-5-14(9)21-15/h6-8,16,20H,1-5H2. The smallest absolute Gasteiger partial charge is 0.130 e. The summed E-state index contributed by atoms with van der Waals surface area (Å²) < 4.78 is 14.6. The SMILES string of the molecule is OC(c1cc2c(s1)CCCCC2)c1cc(Cl)c(Br)cc1F. The molecule has 3 rings (SSSR count). The van der Waals surface area contributed by atoms with E-state index >= 15 is 0 Å². The first-order chi connectivity index (χ1) is 10.1. The molecule has 1 nitrogen and oxygen atoms in total. The van der Waals surface area contributed by atoms with Crippen molar-refractivity contribution in [1.82, 2.24) is 0 Å². The van der Waals surface area contributed by atoms with Gasteiger partial charge in [-0.3, -0.25) is 0 Å². The van der Waals surface area contributed by atoms with Gasteiger partial charge in [0.05, 0.1) is 5.02 Å². The van der Waals surface area contributed by atoms with Gasteiger partial charge in [0.15, 0.2) is 0 Å². The van der Waals surface area contributed by atoms with E-state index in [1.165, 1.54) is 41.8 Å². The van der Waals surface area contributed by atoms with Crippen molar-refractivity contribution in [1.29, 1.82) is 0 Å². The van der Waals surface area contributed by atoms with E-state index in [4.69, 9.17) is 11.6 Å². The zero-order chi connectivity index (χ0) is 15.0. The molecule has 1 aliphatic rings. The summed E-state index contributed by atoms with van der Waals surface area (Å²) in [5, 5.41) is 10.9. The highest BCUT2D eigenvalue weighted by atomic mass is 79.9. The minimum atomic E-state index is -0.951. The molecule has 1 aromatic heterocycles. The lowest BCUT2D eigenvalue weighted by Crippen LogP contribution is -2.01. The Morgan fingerprint density at radius 3 is 2.76 bits per heavy atom. The molecule has 2 aromatic rings. The number of hydrogen-bond donors (Lipinski definition) is 1. The van der Waals surface area contributed by atoms with Gasteiger partial charge in [-0.15, -0.1) is 11.3 Å². The van der Waals surface area contributed by atoms with Crippen molar-refractivity contribution in [2.24, 2.45) is 0 Å². The van der Waals surface area contributed by atoms with Crippen molar-refractivity contribution in [3.63, 3.8) is 0 Å². The summed E-state index contributed by atoms with van der Waals surface area (Å²) in [7, 11) is 0. The van der Waals surface area contributed by atoms with Crippen molar-refractivity contribution in [3.8, 4) is 0 Å². The van der Waals surface area contributed by atoms with Crippen molar-refractivity contribution in [2.45, 2.75) is 38.2 Å².